The molecule has 0 bridgehead atoms. The number of hydrogen-bond donors (Lipinski definition) is 1. The zero-order valence-corrected chi connectivity index (χ0v) is 9.15. The van der Waals surface area contributed by atoms with Crippen molar-refractivity contribution in [2.75, 3.05) is 0 Å². The SMILES string of the molecule is CC(C)SC1NC(Br)=CS1. The average molecular weight is 240 g/mol. The number of rotatable bonds is 2. The van der Waals surface area contributed by atoms with Gasteiger partial charge >= 0.3 is 0 Å². The van der Waals surface area contributed by atoms with Crippen molar-refractivity contribution in [1.29, 1.82) is 0 Å². The van der Waals surface area contributed by atoms with Crippen molar-refractivity contribution in [1.82, 2.24) is 5.32 Å². The lowest BCUT2D eigenvalue weighted by Crippen LogP contribution is -2.16. The first kappa shape index (κ1) is 8.81. The van der Waals surface area contributed by atoms with Gasteiger partial charge in [0.15, 0.2) is 0 Å². The molecule has 1 aliphatic heterocycles. The largest absolute Gasteiger partial charge is 0.358 e. The predicted molar refractivity (Wildman–Crippen MR) is 54.3 cm³/mol. The number of hydrogen-bond acceptors (Lipinski definition) is 3. The zero-order valence-electron chi connectivity index (χ0n) is 5.93. The van der Waals surface area contributed by atoms with E-state index >= 15 is 0 Å². The van der Waals surface area contributed by atoms with Crippen LogP contribution in [0.15, 0.2) is 10.0 Å². The van der Waals surface area contributed by atoms with Gasteiger partial charge in [-0.1, -0.05) is 25.6 Å². The maximum absolute atomic E-state index is 3.38. The molecule has 0 amide bonds. The van der Waals surface area contributed by atoms with Crippen LogP contribution in [0, 0.1) is 0 Å². The van der Waals surface area contributed by atoms with Crippen LogP contribution in [0.3, 0.4) is 0 Å². The summed E-state index contributed by atoms with van der Waals surface area (Å²) in [5.41, 5.74) is 0. The maximum atomic E-state index is 3.38. The third-order valence-electron chi connectivity index (χ3n) is 0.947. The van der Waals surface area contributed by atoms with E-state index in [1.54, 1.807) is 0 Å². The molecule has 0 saturated carbocycles. The second-order valence-corrected chi connectivity index (χ2v) is 6.08. The molecular formula is C6H10BrNS2. The second kappa shape index (κ2) is 3.93. The van der Waals surface area contributed by atoms with Gasteiger partial charge in [-0.3, -0.25) is 0 Å². The van der Waals surface area contributed by atoms with Crippen molar-refractivity contribution < 1.29 is 0 Å². The fourth-order valence-corrected chi connectivity index (χ4v) is 3.76. The standard InChI is InChI=1S/C6H10BrNS2/c1-4(2)10-6-8-5(7)3-9-6/h3-4,6,8H,1-2H3. The molecule has 0 aromatic carbocycles. The summed E-state index contributed by atoms with van der Waals surface area (Å²) >= 11 is 7.14. The smallest absolute Gasteiger partial charge is 0.124 e. The lowest BCUT2D eigenvalue weighted by molar-refractivity contribution is 0.996. The first-order valence-electron chi connectivity index (χ1n) is 3.11. The summed E-state index contributed by atoms with van der Waals surface area (Å²) in [5, 5.41) is 6.08. The van der Waals surface area contributed by atoms with Crippen molar-refractivity contribution in [3.63, 3.8) is 0 Å². The maximum Gasteiger partial charge on any atom is 0.124 e. The Bertz CT molecular complexity index is 147. The Balaban J connectivity index is 2.23. The van der Waals surface area contributed by atoms with Crippen molar-refractivity contribution in [3.8, 4) is 0 Å². The van der Waals surface area contributed by atoms with E-state index in [9.17, 15) is 0 Å². The molecule has 1 N–H and O–H groups in total. The molecule has 0 fully saturated rings. The van der Waals surface area contributed by atoms with Crippen molar-refractivity contribution in [2.24, 2.45) is 0 Å². The highest BCUT2D eigenvalue weighted by Gasteiger charge is 2.15. The molecule has 10 heavy (non-hydrogen) atoms. The van der Waals surface area contributed by atoms with E-state index in [-0.39, 0.29) is 0 Å². The van der Waals surface area contributed by atoms with Gasteiger partial charge < -0.3 is 5.32 Å². The van der Waals surface area contributed by atoms with Gasteiger partial charge in [0, 0.05) is 10.7 Å². The summed E-state index contributed by atoms with van der Waals surface area (Å²) in [6.07, 6.45) is 0. The predicted octanol–water partition coefficient (Wildman–Crippen LogP) is 2.94. The van der Waals surface area contributed by atoms with E-state index in [0.29, 0.717) is 9.96 Å². The summed E-state index contributed by atoms with van der Waals surface area (Å²) in [6, 6.07) is 0. The van der Waals surface area contributed by atoms with Gasteiger partial charge in [-0.25, -0.2) is 0 Å². The van der Waals surface area contributed by atoms with Crippen molar-refractivity contribution >= 4 is 39.5 Å². The Hall–Kier alpha value is 0.720. The Morgan fingerprint density at radius 2 is 2.50 bits per heavy atom. The minimum absolute atomic E-state index is 0.509. The molecule has 0 saturated heterocycles. The van der Waals surface area contributed by atoms with Gasteiger partial charge in [-0.05, 0) is 15.9 Å². The Labute approximate surface area is 78.5 Å². The van der Waals surface area contributed by atoms with Crippen LogP contribution in [0.1, 0.15) is 13.8 Å². The summed E-state index contributed by atoms with van der Waals surface area (Å²) in [6.45, 7) is 4.41. The van der Waals surface area contributed by atoms with Crippen LogP contribution in [0.25, 0.3) is 0 Å². The van der Waals surface area contributed by atoms with E-state index in [2.05, 4.69) is 40.5 Å². The Morgan fingerprint density at radius 3 is 2.90 bits per heavy atom. The highest BCUT2D eigenvalue weighted by atomic mass is 79.9. The molecule has 0 aromatic heterocycles. The van der Waals surface area contributed by atoms with Crippen LogP contribution in [0.4, 0.5) is 0 Å². The lowest BCUT2D eigenvalue weighted by atomic mass is 10.6. The molecule has 1 nitrogen and oxygen atoms in total. The molecule has 1 unspecified atom stereocenters. The lowest BCUT2D eigenvalue weighted by Gasteiger charge is -2.12. The Morgan fingerprint density at radius 1 is 1.80 bits per heavy atom. The minimum atomic E-state index is 0.509. The number of thioether (sulfide) groups is 2. The van der Waals surface area contributed by atoms with Gasteiger partial charge in [0.25, 0.3) is 0 Å². The normalized spacial score (nSPS) is 24.8. The quantitative estimate of drug-likeness (QED) is 0.745. The van der Waals surface area contributed by atoms with Crippen LogP contribution in [-0.2, 0) is 0 Å². The average Bonchev–Trinajstić information content (AvgIpc) is 2.13. The van der Waals surface area contributed by atoms with Crippen LogP contribution in [0.2, 0.25) is 0 Å². The molecular weight excluding hydrogens is 230 g/mol. The van der Waals surface area contributed by atoms with Gasteiger partial charge in [0.1, 0.15) is 4.71 Å². The molecule has 1 atom stereocenters. The van der Waals surface area contributed by atoms with Gasteiger partial charge in [0.05, 0.1) is 4.61 Å². The summed E-state index contributed by atoms with van der Waals surface area (Å²) in [5.74, 6) is 0. The third-order valence-corrected chi connectivity index (χ3v) is 4.02. The van der Waals surface area contributed by atoms with Gasteiger partial charge in [-0.2, -0.15) is 0 Å². The fourth-order valence-electron chi connectivity index (χ4n) is 0.615. The summed E-state index contributed by atoms with van der Waals surface area (Å²) in [7, 11) is 0. The van der Waals surface area contributed by atoms with E-state index in [1.165, 1.54) is 0 Å². The van der Waals surface area contributed by atoms with E-state index in [4.69, 9.17) is 0 Å². The van der Waals surface area contributed by atoms with E-state index in [0.717, 1.165) is 4.61 Å². The summed E-state index contributed by atoms with van der Waals surface area (Å²) in [4.78, 5) is 0. The highest BCUT2D eigenvalue weighted by Crippen LogP contribution is 2.33. The molecule has 1 aliphatic rings. The molecule has 1 rings (SSSR count). The van der Waals surface area contributed by atoms with E-state index in [1.807, 2.05) is 23.5 Å². The minimum Gasteiger partial charge on any atom is -0.358 e. The molecule has 1 heterocycles. The Kier molecular flexibility index (Phi) is 3.46. The molecule has 0 radical (unpaired) electrons. The number of halogens is 1. The second-order valence-electron chi connectivity index (χ2n) is 2.26. The van der Waals surface area contributed by atoms with Crippen LogP contribution < -0.4 is 5.32 Å². The first-order chi connectivity index (χ1) is 4.68. The monoisotopic (exact) mass is 239 g/mol. The number of nitrogens with one attached hydrogen (secondary N) is 1. The van der Waals surface area contributed by atoms with Crippen molar-refractivity contribution in [3.05, 3.63) is 10.0 Å². The molecule has 0 aliphatic carbocycles. The van der Waals surface area contributed by atoms with Crippen LogP contribution in [-0.4, -0.2) is 9.96 Å². The highest BCUT2D eigenvalue weighted by molar-refractivity contribution is 9.11. The third kappa shape index (κ3) is 2.76. The van der Waals surface area contributed by atoms with Crippen LogP contribution in [0.5, 0.6) is 0 Å². The first-order valence-corrected chi connectivity index (χ1v) is 5.79. The summed E-state index contributed by atoms with van der Waals surface area (Å²) < 4.78 is 1.62. The topological polar surface area (TPSA) is 12.0 Å². The van der Waals surface area contributed by atoms with Gasteiger partial charge in [0.2, 0.25) is 0 Å². The fraction of sp³-hybridized carbons (Fsp3) is 0.667. The van der Waals surface area contributed by atoms with E-state index < -0.39 is 0 Å². The molecule has 0 aromatic rings. The molecule has 4 heteroatoms. The van der Waals surface area contributed by atoms with Crippen LogP contribution >= 0.6 is 39.5 Å². The zero-order chi connectivity index (χ0) is 7.56. The van der Waals surface area contributed by atoms with Crippen molar-refractivity contribution in [2.45, 2.75) is 23.8 Å². The molecule has 58 valence electrons. The molecule has 0 spiro atoms. The van der Waals surface area contributed by atoms with Gasteiger partial charge in [-0.15, -0.1) is 11.8 Å².